The Morgan fingerprint density at radius 1 is 0.961 bits per heavy atom. The quantitative estimate of drug-likeness (QED) is 0.190. The van der Waals surface area contributed by atoms with E-state index >= 15 is 0 Å². The van der Waals surface area contributed by atoms with Crippen molar-refractivity contribution in [1.82, 2.24) is 4.98 Å². The average Bonchev–Trinajstić information content (AvgIpc) is 3.83. The first-order valence-corrected chi connectivity index (χ1v) is 18.3. The van der Waals surface area contributed by atoms with Gasteiger partial charge in [0, 0.05) is 21.7 Å². The third kappa shape index (κ3) is 5.63. The van der Waals surface area contributed by atoms with Gasteiger partial charge in [-0.1, -0.05) is 41.7 Å². The fourth-order valence-corrected chi connectivity index (χ4v) is 11.5. The van der Waals surface area contributed by atoms with Gasteiger partial charge >= 0.3 is 11.0 Å². The highest BCUT2D eigenvalue weighted by Crippen LogP contribution is 2.69. The largest absolute Gasteiger partial charge is 0.490 e. The van der Waals surface area contributed by atoms with Crippen LogP contribution >= 0.6 is 23.1 Å². The fourth-order valence-electron chi connectivity index (χ4n) is 8.61. The lowest BCUT2D eigenvalue weighted by atomic mass is 9.68. The van der Waals surface area contributed by atoms with Gasteiger partial charge in [-0.15, -0.1) is 11.8 Å². The minimum Gasteiger partial charge on any atom is -0.490 e. The summed E-state index contributed by atoms with van der Waals surface area (Å²) in [5, 5.41) is 3.46. The molecule has 2 aliphatic heterocycles. The number of H-pyrrole nitrogens is 1. The van der Waals surface area contributed by atoms with Gasteiger partial charge in [0.1, 0.15) is 0 Å². The number of benzene rings is 3. The second kappa shape index (κ2) is 12.6. The number of anilines is 2. The molecule has 1 saturated heterocycles. The number of aromatic nitrogens is 1. The van der Waals surface area contributed by atoms with Gasteiger partial charge < -0.3 is 19.8 Å². The zero-order chi connectivity index (χ0) is 35.8. The van der Waals surface area contributed by atoms with Crippen LogP contribution in [0.1, 0.15) is 40.8 Å². The van der Waals surface area contributed by atoms with Gasteiger partial charge in [0.25, 0.3) is 5.91 Å². The van der Waals surface area contributed by atoms with E-state index in [2.05, 4.69) is 10.3 Å². The zero-order valence-corrected chi connectivity index (χ0v) is 29.0. The molecular formula is C37H32F3N3O6S2. The van der Waals surface area contributed by atoms with Crippen LogP contribution in [0.15, 0.2) is 76.6 Å². The van der Waals surface area contributed by atoms with Crippen LogP contribution in [-0.2, 0) is 20.6 Å². The van der Waals surface area contributed by atoms with Gasteiger partial charge in [0.15, 0.2) is 18.1 Å². The highest BCUT2D eigenvalue weighted by atomic mass is 32.2. The first kappa shape index (κ1) is 33.6. The number of hydrogen-bond donors (Lipinski definition) is 2. The summed E-state index contributed by atoms with van der Waals surface area (Å²) in [5.41, 5.74) is 1.43. The number of hydrogen-bond acceptors (Lipinski definition) is 8. The van der Waals surface area contributed by atoms with Gasteiger partial charge in [-0.3, -0.25) is 24.1 Å². The van der Waals surface area contributed by atoms with Gasteiger partial charge in [-0.2, -0.15) is 13.2 Å². The van der Waals surface area contributed by atoms with Crippen molar-refractivity contribution in [3.8, 4) is 11.5 Å². The van der Waals surface area contributed by atoms with E-state index in [1.54, 1.807) is 6.07 Å². The summed E-state index contributed by atoms with van der Waals surface area (Å²) in [4.78, 5) is 58.0. The number of thiazole rings is 1. The molecule has 8 rings (SSSR count). The van der Waals surface area contributed by atoms with Crippen molar-refractivity contribution in [2.45, 2.75) is 42.6 Å². The molecule has 3 amide bonds. The second-order valence-corrected chi connectivity index (χ2v) is 15.5. The Labute approximate surface area is 298 Å². The molecule has 1 aromatic heterocycles. The first-order chi connectivity index (χ1) is 24.4. The summed E-state index contributed by atoms with van der Waals surface area (Å²) < 4.78 is 52.6. The minimum atomic E-state index is -4.63. The smallest absolute Gasteiger partial charge is 0.416 e. The maximum absolute atomic E-state index is 14.1. The van der Waals surface area contributed by atoms with E-state index in [0.29, 0.717) is 30.2 Å². The third-order valence-electron chi connectivity index (χ3n) is 10.6. The monoisotopic (exact) mass is 735 g/mol. The molecule has 7 atom stereocenters. The van der Waals surface area contributed by atoms with Gasteiger partial charge in [0.05, 0.1) is 34.7 Å². The molecule has 3 heterocycles. The molecule has 3 aromatic carbocycles. The van der Waals surface area contributed by atoms with E-state index in [9.17, 15) is 32.3 Å². The molecular weight excluding hydrogens is 704 g/mol. The van der Waals surface area contributed by atoms with Gasteiger partial charge in [0.2, 0.25) is 11.8 Å². The molecule has 3 fully saturated rings. The molecule has 2 N–H and O–H groups in total. The topological polar surface area (TPSA) is 118 Å². The van der Waals surface area contributed by atoms with E-state index in [4.69, 9.17) is 9.47 Å². The molecule has 51 heavy (non-hydrogen) atoms. The number of rotatable bonds is 8. The van der Waals surface area contributed by atoms with Crippen molar-refractivity contribution in [3.63, 3.8) is 0 Å². The van der Waals surface area contributed by atoms with Crippen LogP contribution in [0.5, 0.6) is 11.5 Å². The average molecular weight is 736 g/mol. The molecule has 9 nitrogen and oxygen atoms in total. The summed E-state index contributed by atoms with van der Waals surface area (Å²) in [5.74, 6) is -2.74. The number of amides is 3. The van der Waals surface area contributed by atoms with E-state index in [1.807, 2.05) is 50.2 Å². The number of nitrogens with zero attached hydrogens (tertiary/aromatic N) is 1. The number of ether oxygens (including phenoxy) is 2. The number of thioether (sulfide) groups is 1. The summed E-state index contributed by atoms with van der Waals surface area (Å²) in [6, 6.07) is 17.2. The number of imide groups is 1. The van der Waals surface area contributed by atoms with E-state index < -0.39 is 35.4 Å². The first-order valence-electron chi connectivity index (χ1n) is 16.6. The SMILES string of the molecule is CCOc1cc([C@H]2c3sc(=O)[nH]c3SC3C2[C@H]2C[C@@H]3C3C(=O)N(c4cccc(C(F)(F)F)c4)C(=O)C32)ccc1OCC(=O)Nc1ccccc1C. The van der Waals surface area contributed by atoms with Crippen molar-refractivity contribution < 1.29 is 37.0 Å². The minimum absolute atomic E-state index is 0.0752. The molecule has 4 aromatic rings. The lowest BCUT2D eigenvalue weighted by Crippen LogP contribution is -2.42. The molecule has 4 unspecified atom stereocenters. The third-order valence-corrected chi connectivity index (χ3v) is 13.1. The maximum atomic E-state index is 14.1. The van der Waals surface area contributed by atoms with Crippen LogP contribution in [0, 0.1) is 36.5 Å². The number of aryl methyl sites for hydroxylation is 1. The lowest BCUT2D eigenvalue weighted by molar-refractivity contribution is -0.137. The molecule has 4 aliphatic rings. The Bertz CT molecular complexity index is 2130. The van der Waals surface area contributed by atoms with Crippen LogP contribution in [-0.4, -0.2) is 41.2 Å². The highest BCUT2D eigenvalue weighted by Gasteiger charge is 2.69. The van der Waals surface area contributed by atoms with Gasteiger partial charge in [-0.05, 0) is 85.5 Å². The molecule has 2 saturated carbocycles. The summed E-state index contributed by atoms with van der Waals surface area (Å²) in [6.45, 7) is 3.79. The van der Waals surface area contributed by atoms with Crippen LogP contribution in [0.2, 0.25) is 0 Å². The number of aromatic amines is 1. The van der Waals surface area contributed by atoms with E-state index in [-0.39, 0.29) is 52.0 Å². The predicted octanol–water partition coefficient (Wildman–Crippen LogP) is 6.86. The number of carbonyl (C=O) groups is 3. The summed E-state index contributed by atoms with van der Waals surface area (Å²) in [6.07, 6.45) is -4.00. The van der Waals surface area contributed by atoms with Crippen molar-refractivity contribution >= 4 is 52.2 Å². The van der Waals surface area contributed by atoms with E-state index in [0.717, 1.165) is 49.4 Å². The Hall–Kier alpha value is -4.56. The normalized spacial score (nSPS) is 26.1. The second-order valence-electron chi connectivity index (χ2n) is 13.3. The van der Waals surface area contributed by atoms with Crippen molar-refractivity contribution in [2.75, 3.05) is 23.4 Å². The fraction of sp³-hybridized carbons (Fsp3) is 0.351. The van der Waals surface area contributed by atoms with Crippen LogP contribution in [0.4, 0.5) is 24.5 Å². The Kier molecular flexibility index (Phi) is 8.29. The van der Waals surface area contributed by atoms with Crippen LogP contribution < -0.4 is 24.6 Å². The molecule has 2 bridgehead atoms. The lowest BCUT2D eigenvalue weighted by Gasteiger charge is -2.43. The summed E-state index contributed by atoms with van der Waals surface area (Å²) >= 11 is 2.63. The number of fused-ring (bicyclic) bond motifs is 9. The van der Waals surface area contributed by atoms with Crippen molar-refractivity contribution in [1.29, 1.82) is 0 Å². The Balaban J connectivity index is 1.10. The van der Waals surface area contributed by atoms with Crippen molar-refractivity contribution in [3.05, 3.63) is 98.0 Å². The molecule has 14 heteroatoms. The molecule has 0 spiro atoms. The number of para-hydroxylation sites is 1. The molecule has 0 radical (unpaired) electrons. The standard InChI is InChI=1S/C37H32F3N3O6S2/c1-3-48-25-13-18(11-12-24(25)49-16-26(44)41-23-10-5-4-7-17(23)2)27-28-21-15-22(31(28)50-33-32(27)51-36(47)42-33)30-29(21)34(45)43(35(30)46)20-9-6-8-19(14-20)37(38,39)40/h4-14,21-22,27-31H,3,15-16H2,1-2H3,(H,41,44)(H,42,47)/t21-,22-,27-,28?,29?,30?,31?/m1/s1. The Morgan fingerprint density at radius 3 is 2.47 bits per heavy atom. The van der Waals surface area contributed by atoms with Crippen LogP contribution in [0.3, 0.4) is 0 Å². The summed E-state index contributed by atoms with van der Waals surface area (Å²) in [7, 11) is 0. The van der Waals surface area contributed by atoms with E-state index in [1.165, 1.54) is 23.9 Å². The highest BCUT2D eigenvalue weighted by molar-refractivity contribution is 8.00. The number of nitrogens with one attached hydrogen (secondary N) is 2. The number of alkyl halides is 3. The predicted molar refractivity (Wildman–Crippen MR) is 185 cm³/mol. The van der Waals surface area contributed by atoms with Gasteiger partial charge in [-0.25, -0.2) is 0 Å². The zero-order valence-electron chi connectivity index (χ0n) is 27.4. The molecule has 264 valence electrons. The number of carbonyl (C=O) groups excluding carboxylic acids is 3. The Morgan fingerprint density at radius 2 is 1.73 bits per heavy atom. The molecule has 2 aliphatic carbocycles. The van der Waals surface area contributed by atoms with Crippen LogP contribution in [0.25, 0.3) is 0 Å². The van der Waals surface area contributed by atoms with Crippen molar-refractivity contribution in [2.24, 2.45) is 29.6 Å². The maximum Gasteiger partial charge on any atom is 0.416 e. The number of halogens is 3.